The third-order valence-electron chi connectivity index (χ3n) is 1.13. The smallest absolute Gasteiger partial charge is 0.305 e. The van der Waals surface area contributed by atoms with Gasteiger partial charge in [0.1, 0.15) is 0 Å². The fourth-order valence-electron chi connectivity index (χ4n) is 0.639. The molecule has 0 rings (SSSR count). The Bertz CT molecular complexity index is 130. The van der Waals surface area contributed by atoms with Crippen LogP contribution in [0.25, 0.3) is 0 Å². The quantitative estimate of drug-likeness (QED) is 0.544. The standard InChI is InChI=1S/C7H12BrFO2/c1-3-4-6(8)7(9)11-5(2)10/h6-7H,3-4H2,1-2H3. The fourth-order valence-corrected chi connectivity index (χ4v) is 1.20. The van der Waals surface area contributed by atoms with E-state index < -0.39 is 12.3 Å². The van der Waals surface area contributed by atoms with Crippen molar-refractivity contribution in [3.05, 3.63) is 0 Å². The summed E-state index contributed by atoms with van der Waals surface area (Å²) in [6.45, 7) is 3.13. The first-order valence-electron chi connectivity index (χ1n) is 3.53. The van der Waals surface area contributed by atoms with Gasteiger partial charge in [0, 0.05) is 6.92 Å². The minimum absolute atomic E-state index is 0.378. The molecule has 0 saturated carbocycles. The summed E-state index contributed by atoms with van der Waals surface area (Å²) < 4.78 is 17.1. The summed E-state index contributed by atoms with van der Waals surface area (Å²) >= 11 is 3.08. The predicted molar refractivity (Wildman–Crippen MR) is 44.3 cm³/mol. The van der Waals surface area contributed by atoms with Crippen LogP contribution < -0.4 is 0 Å². The SMILES string of the molecule is CCCC(Br)C(F)OC(C)=O. The number of esters is 1. The van der Waals surface area contributed by atoms with Crippen LogP contribution >= 0.6 is 15.9 Å². The Labute approximate surface area is 74.2 Å². The largest absolute Gasteiger partial charge is 0.430 e. The second-order valence-corrected chi connectivity index (χ2v) is 3.44. The molecular formula is C7H12BrFO2. The van der Waals surface area contributed by atoms with Crippen molar-refractivity contribution in [2.24, 2.45) is 0 Å². The first-order chi connectivity index (χ1) is 5.07. The maximum atomic E-state index is 12.7. The minimum Gasteiger partial charge on any atom is -0.430 e. The molecule has 0 fully saturated rings. The van der Waals surface area contributed by atoms with Gasteiger partial charge in [0.25, 0.3) is 6.36 Å². The molecule has 4 heteroatoms. The van der Waals surface area contributed by atoms with Gasteiger partial charge in [-0.25, -0.2) is 4.39 Å². The van der Waals surface area contributed by atoms with Gasteiger partial charge in [-0.05, 0) is 6.42 Å². The van der Waals surface area contributed by atoms with Gasteiger partial charge >= 0.3 is 5.97 Å². The summed E-state index contributed by atoms with van der Waals surface area (Å²) in [4.78, 5) is 9.90. The summed E-state index contributed by atoms with van der Waals surface area (Å²) in [5.74, 6) is -0.585. The molecule has 0 aromatic rings. The van der Waals surface area contributed by atoms with E-state index in [0.717, 1.165) is 6.42 Å². The Balaban J connectivity index is 3.63. The molecule has 0 spiro atoms. The zero-order valence-electron chi connectivity index (χ0n) is 6.64. The molecule has 0 bridgehead atoms. The van der Waals surface area contributed by atoms with Crippen LogP contribution in [0.3, 0.4) is 0 Å². The molecule has 0 aliphatic rings. The lowest BCUT2D eigenvalue weighted by Gasteiger charge is -2.13. The van der Waals surface area contributed by atoms with Crippen molar-refractivity contribution in [3.63, 3.8) is 0 Å². The number of carbonyl (C=O) groups excluding carboxylic acids is 1. The third-order valence-corrected chi connectivity index (χ3v) is 2.00. The third kappa shape index (κ3) is 5.18. The van der Waals surface area contributed by atoms with Gasteiger partial charge in [-0.3, -0.25) is 4.79 Å². The average Bonchev–Trinajstić information content (AvgIpc) is 1.86. The zero-order chi connectivity index (χ0) is 8.85. The highest BCUT2D eigenvalue weighted by Gasteiger charge is 2.19. The molecular weight excluding hydrogens is 215 g/mol. The van der Waals surface area contributed by atoms with Gasteiger partial charge < -0.3 is 4.74 Å². The van der Waals surface area contributed by atoms with Crippen molar-refractivity contribution < 1.29 is 13.9 Å². The number of hydrogen-bond donors (Lipinski definition) is 0. The first kappa shape index (κ1) is 10.9. The van der Waals surface area contributed by atoms with E-state index in [0.29, 0.717) is 6.42 Å². The van der Waals surface area contributed by atoms with Gasteiger partial charge in [0.05, 0.1) is 4.83 Å². The van der Waals surface area contributed by atoms with E-state index in [1.807, 2.05) is 6.92 Å². The molecule has 0 aliphatic heterocycles. The highest BCUT2D eigenvalue weighted by molar-refractivity contribution is 9.09. The molecule has 0 aromatic carbocycles. The Hall–Kier alpha value is -0.120. The van der Waals surface area contributed by atoms with Crippen LogP contribution in [0.15, 0.2) is 0 Å². The van der Waals surface area contributed by atoms with Crippen LogP contribution in [-0.2, 0) is 9.53 Å². The van der Waals surface area contributed by atoms with Crippen LogP contribution in [0, 0.1) is 0 Å². The number of hydrogen-bond acceptors (Lipinski definition) is 2. The lowest BCUT2D eigenvalue weighted by Crippen LogP contribution is -2.21. The molecule has 11 heavy (non-hydrogen) atoms. The second kappa shape index (κ2) is 5.52. The van der Waals surface area contributed by atoms with E-state index >= 15 is 0 Å². The number of halogens is 2. The molecule has 66 valence electrons. The van der Waals surface area contributed by atoms with E-state index in [2.05, 4.69) is 20.7 Å². The van der Waals surface area contributed by atoms with Crippen LogP contribution in [0.4, 0.5) is 4.39 Å². The number of carbonyl (C=O) groups is 1. The maximum absolute atomic E-state index is 12.7. The summed E-state index contributed by atoms with van der Waals surface area (Å²) in [6.07, 6.45) is -0.000991. The Kier molecular flexibility index (Phi) is 5.46. The van der Waals surface area contributed by atoms with Crippen molar-refractivity contribution in [3.8, 4) is 0 Å². The number of alkyl halides is 2. The summed E-state index contributed by atoms with van der Waals surface area (Å²) in [5.41, 5.74) is 0. The van der Waals surface area contributed by atoms with Crippen LogP contribution in [0.5, 0.6) is 0 Å². The Morgan fingerprint density at radius 1 is 1.73 bits per heavy atom. The summed E-state index contributed by atoms with van der Waals surface area (Å²) in [6, 6.07) is 0. The monoisotopic (exact) mass is 226 g/mol. The zero-order valence-corrected chi connectivity index (χ0v) is 8.23. The van der Waals surface area contributed by atoms with Crippen LogP contribution in [0.1, 0.15) is 26.7 Å². The lowest BCUT2D eigenvalue weighted by molar-refractivity contribution is -0.154. The highest BCUT2D eigenvalue weighted by atomic mass is 79.9. The molecule has 0 amide bonds. The number of rotatable bonds is 4. The maximum Gasteiger partial charge on any atom is 0.305 e. The fraction of sp³-hybridized carbons (Fsp3) is 0.857. The molecule has 0 aromatic heterocycles. The molecule has 2 unspecified atom stereocenters. The Morgan fingerprint density at radius 2 is 2.27 bits per heavy atom. The van der Waals surface area contributed by atoms with Crippen molar-refractivity contribution in [1.82, 2.24) is 0 Å². The highest BCUT2D eigenvalue weighted by Crippen LogP contribution is 2.16. The second-order valence-electron chi connectivity index (χ2n) is 2.27. The van der Waals surface area contributed by atoms with Gasteiger partial charge in [-0.2, -0.15) is 0 Å². The van der Waals surface area contributed by atoms with Crippen molar-refractivity contribution >= 4 is 21.9 Å². The van der Waals surface area contributed by atoms with Gasteiger partial charge in [0.15, 0.2) is 0 Å². The molecule has 0 N–H and O–H groups in total. The van der Waals surface area contributed by atoms with Crippen molar-refractivity contribution in [1.29, 1.82) is 0 Å². The molecule has 0 heterocycles. The molecule has 2 nitrogen and oxygen atoms in total. The van der Waals surface area contributed by atoms with Crippen LogP contribution in [0.2, 0.25) is 0 Å². The van der Waals surface area contributed by atoms with E-state index in [-0.39, 0.29) is 4.83 Å². The molecule has 0 radical (unpaired) electrons. The normalized spacial score (nSPS) is 15.6. The van der Waals surface area contributed by atoms with Crippen molar-refractivity contribution in [2.45, 2.75) is 37.9 Å². The topological polar surface area (TPSA) is 26.3 Å². The molecule has 2 atom stereocenters. The summed E-state index contributed by atoms with van der Waals surface area (Å²) in [7, 11) is 0. The van der Waals surface area contributed by atoms with E-state index in [1.165, 1.54) is 6.92 Å². The van der Waals surface area contributed by atoms with Crippen molar-refractivity contribution in [2.75, 3.05) is 0 Å². The van der Waals surface area contributed by atoms with E-state index in [9.17, 15) is 9.18 Å². The minimum atomic E-state index is -1.52. The number of ether oxygens (including phenoxy) is 1. The average molecular weight is 227 g/mol. The van der Waals surface area contributed by atoms with Gasteiger partial charge in [-0.15, -0.1) is 0 Å². The van der Waals surface area contributed by atoms with Crippen LogP contribution in [-0.4, -0.2) is 17.2 Å². The molecule has 0 aliphatic carbocycles. The Morgan fingerprint density at radius 3 is 2.64 bits per heavy atom. The first-order valence-corrected chi connectivity index (χ1v) is 4.44. The summed E-state index contributed by atoms with van der Waals surface area (Å²) in [5, 5.41) is 0. The lowest BCUT2D eigenvalue weighted by atomic mass is 10.2. The van der Waals surface area contributed by atoms with E-state index in [4.69, 9.17) is 0 Å². The van der Waals surface area contributed by atoms with Gasteiger partial charge in [-0.1, -0.05) is 29.3 Å². The predicted octanol–water partition coefficient (Wildman–Crippen LogP) is 2.41. The van der Waals surface area contributed by atoms with Gasteiger partial charge in [0.2, 0.25) is 0 Å². The van der Waals surface area contributed by atoms with E-state index in [1.54, 1.807) is 0 Å². The molecule has 0 saturated heterocycles.